The molecular weight excluding hydrogens is 368 g/mol. The van der Waals surface area contributed by atoms with Gasteiger partial charge in [0.2, 0.25) is 0 Å². The Morgan fingerprint density at radius 3 is 2.61 bits per heavy atom. The second-order valence-corrected chi connectivity index (χ2v) is 8.86. The van der Waals surface area contributed by atoms with E-state index in [9.17, 15) is 0 Å². The summed E-state index contributed by atoms with van der Waals surface area (Å²) in [6.45, 7) is 6.49. The predicted octanol–water partition coefficient (Wildman–Crippen LogP) is 5.43. The number of nitrogens with zero attached hydrogens (tertiary/aromatic N) is 3. The zero-order chi connectivity index (χ0) is 19.5. The van der Waals surface area contributed by atoms with Gasteiger partial charge in [-0.25, -0.2) is 5.53 Å². The molecule has 0 radical (unpaired) electrons. The third-order valence-corrected chi connectivity index (χ3v) is 6.77. The number of para-hydroxylation sites is 1. The molecule has 1 N–H and O–H groups in total. The minimum atomic E-state index is 0.233. The van der Waals surface area contributed by atoms with Crippen molar-refractivity contribution in [1.29, 1.82) is 5.53 Å². The maximum Gasteiger partial charge on any atom is 0.121 e. The van der Waals surface area contributed by atoms with Crippen LogP contribution < -0.4 is 9.64 Å². The Balaban J connectivity index is 1.52. The van der Waals surface area contributed by atoms with E-state index >= 15 is 0 Å². The van der Waals surface area contributed by atoms with Crippen LogP contribution in [0.2, 0.25) is 0 Å². The molecule has 2 aromatic carbocycles. The summed E-state index contributed by atoms with van der Waals surface area (Å²) in [5, 5.41) is 3.72. The number of nitrogens with one attached hydrogen (secondary N) is 1. The number of benzene rings is 2. The maximum absolute atomic E-state index is 7.23. The third kappa shape index (κ3) is 4.03. The van der Waals surface area contributed by atoms with Crippen molar-refractivity contribution < 1.29 is 4.74 Å². The first-order valence-corrected chi connectivity index (χ1v) is 10.8. The molecule has 5 nitrogen and oxygen atoms in total. The molecular formula is C22H28N4OS. The molecule has 0 spiro atoms. The van der Waals surface area contributed by atoms with Gasteiger partial charge in [-0.05, 0) is 43.0 Å². The molecule has 2 heterocycles. The Labute approximate surface area is 171 Å². The number of hydrogen-bond donors (Lipinski definition) is 1. The van der Waals surface area contributed by atoms with E-state index in [0.717, 1.165) is 44.8 Å². The van der Waals surface area contributed by atoms with Gasteiger partial charge in [0.1, 0.15) is 5.75 Å². The van der Waals surface area contributed by atoms with Gasteiger partial charge in [-0.1, -0.05) is 30.8 Å². The van der Waals surface area contributed by atoms with E-state index in [2.05, 4.69) is 58.2 Å². The van der Waals surface area contributed by atoms with Crippen LogP contribution in [-0.2, 0) is 0 Å². The largest absolute Gasteiger partial charge is 0.497 e. The van der Waals surface area contributed by atoms with E-state index in [-0.39, 0.29) is 6.04 Å². The van der Waals surface area contributed by atoms with E-state index in [1.165, 1.54) is 21.2 Å². The molecule has 2 aliphatic heterocycles. The molecule has 1 unspecified atom stereocenters. The molecule has 2 aromatic rings. The predicted molar refractivity (Wildman–Crippen MR) is 114 cm³/mol. The Bertz CT molecular complexity index is 835. The zero-order valence-electron chi connectivity index (χ0n) is 16.6. The first-order valence-electron chi connectivity index (χ1n) is 9.99. The van der Waals surface area contributed by atoms with E-state index in [0.29, 0.717) is 5.92 Å². The molecule has 1 saturated heterocycles. The topological polar surface area (TPSA) is 51.9 Å². The van der Waals surface area contributed by atoms with Gasteiger partial charge < -0.3 is 14.5 Å². The normalized spacial score (nSPS) is 18.3. The number of ether oxygens (including phenoxy) is 1. The van der Waals surface area contributed by atoms with Gasteiger partial charge in [0.15, 0.2) is 0 Å². The highest BCUT2D eigenvalue weighted by Gasteiger charge is 2.26. The summed E-state index contributed by atoms with van der Waals surface area (Å²) >= 11 is 1.84. The van der Waals surface area contributed by atoms with Crippen LogP contribution in [-0.4, -0.2) is 44.2 Å². The summed E-state index contributed by atoms with van der Waals surface area (Å²) < 4.78 is 5.50. The Morgan fingerprint density at radius 2 is 1.86 bits per heavy atom. The van der Waals surface area contributed by atoms with E-state index in [4.69, 9.17) is 10.3 Å². The molecule has 148 valence electrons. The van der Waals surface area contributed by atoms with Gasteiger partial charge >= 0.3 is 0 Å². The van der Waals surface area contributed by atoms with Crippen LogP contribution in [0.25, 0.3) is 0 Å². The fraction of sp³-hybridized carbons (Fsp3) is 0.455. The summed E-state index contributed by atoms with van der Waals surface area (Å²) in [6.07, 6.45) is 2.03. The van der Waals surface area contributed by atoms with Crippen molar-refractivity contribution in [2.45, 2.75) is 35.6 Å². The SMILES string of the molecule is COc1ccc2c(c1)N(CC(C)CN1CCC(N=N)CC1)c1ccccc1S2. The number of likely N-dealkylation sites (tertiary alicyclic amines) is 1. The zero-order valence-corrected chi connectivity index (χ0v) is 17.4. The molecule has 0 amide bonds. The quantitative estimate of drug-likeness (QED) is 0.662. The average Bonchev–Trinajstić information content (AvgIpc) is 2.74. The molecule has 0 bridgehead atoms. The molecule has 1 fully saturated rings. The minimum Gasteiger partial charge on any atom is -0.497 e. The van der Waals surface area contributed by atoms with Crippen LogP contribution >= 0.6 is 11.8 Å². The number of fused-ring (bicyclic) bond motifs is 2. The second-order valence-electron chi connectivity index (χ2n) is 7.78. The Morgan fingerprint density at radius 1 is 1.11 bits per heavy atom. The van der Waals surface area contributed by atoms with Gasteiger partial charge in [-0.15, -0.1) is 0 Å². The van der Waals surface area contributed by atoms with Gasteiger partial charge in [0.05, 0.1) is 24.5 Å². The highest BCUT2D eigenvalue weighted by atomic mass is 32.2. The molecule has 1 atom stereocenters. The lowest BCUT2D eigenvalue weighted by Crippen LogP contribution is -2.40. The van der Waals surface area contributed by atoms with Crippen molar-refractivity contribution in [3.8, 4) is 5.75 Å². The van der Waals surface area contributed by atoms with Crippen LogP contribution in [0.5, 0.6) is 5.75 Å². The average molecular weight is 397 g/mol. The van der Waals surface area contributed by atoms with Crippen molar-refractivity contribution in [2.75, 3.05) is 38.2 Å². The first kappa shape index (κ1) is 19.3. The van der Waals surface area contributed by atoms with Crippen LogP contribution in [0.3, 0.4) is 0 Å². The Kier molecular flexibility index (Phi) is 5.87. The third-order valence-electron chi connectivity index (χ3n) is 5.64. The van der Waals surface area contributed by atoms with Crippen LogP contribution in [0.1, 0.15) is 19.8 Å². The van der Waals surface area contributed by atoms with Gasteiger partial charge in [-0.2, -0.15) is 5.11 Å². The molecule has 0 saturated carbocycles. The van der Waals surface area contributed by atoms with E-state index < -0.39 is 0 Å². The van der Waals surface area contributed by atoms with Crippen molar-refractivity contribution in [3.63, 3.8) is 0 Å². The molecule has 4 rings (SSSR count). The van der Waals surface area contributed by atoms with Crippen molar-refractivity contribution >= 4 is 23.1 Å². The summed E-state index contributed by atoms with van der Waals surface area (Å²) in [6, 6.07) is 15.3. The molecule has 2 aliphatic rings. The van der Waals surface area contributed by atoms with E-state index in [1.807, 2.05) is 17.8 Å². The summed E-state index contributed by atoms with van der Waals surface area (Å²) in [7, 11) is 1.73. The number of rotatable bonds is 6. The summed E-state index contributed by atoms with van der Waals surface area (Å²) in [5.74, 6) is 1.43. The van der Waals surface area contributed by atoms with E-state index in [1.54, 1.807) is 7.11 Å². The fourth-order valence-electron chi connectivity index (χ4n) is 4.17. The highest BCUT2D eigenvalue weighted by molar-refractivity contribution is 7.99. The number of methoxy groups -OCH3 is 1. The number of anilines is 2. The summed E-state index contributed by atoms with van der Waals surface area (Å²) in [4.78, 5) is 7.58. The van der Waals surface area contributed by atoms with Crippen molar-refractivity contribution in [3.05, 3.63) is 42.5 Å². The lowest BCUT2D eigenvalue weighted by molar-refractivity contribution is 0.187. The first-order chi connectivity index (χ1) is 13.7. The maximum atomic E-state index is 7.23. The van der Waals surface area contributed by atoms with Crippen molar-refractivity contribution in [1.82, 2.24) is 4.90 Å². The van der Waals surface area contributed by atoms with Gasteiger partial charge in [0, 0.05) is 42.0 Å². The van der Waals surface area contributed by atoms with Crippen LogP contribution in [0.4, 0.5) is 11.4 Å². The van der Waals surface area contributed by atoms with Gasteiger partial charge in [-0.3, -0.25) is 0 Å². The summed E-state index contributed by atoms with van der Waals surface area (Å²) in [5.41, 5.74) is 9.76. The number of piperidine rings is 1. The fourth-order valence-corrected chi connectivity index (χ4v) is 5.25. The molecule has 0 aromatic heterocycles. The van der Waals surface area contributed by atoms with Crippen LogP contribution in [0.15, 0.2) is 57.4 Å². The highest BCUT2D eigenvalue weighted by Crippen LogP contribution is 2.49. The number of hydrogen-bond acceptors (Lipinski definition) is 6. The van der Waals surface area contributed by atoms with Crippen LogP contribution in [0, 0.1) is 11.4 Å². The van der Waals surface area contributed by atoms with Crippen molar-refractivity contribution in [2.24, 2.45) is 11.0 Å². The molecule has 0 aliphatic carbocycles. The second kappa shape index (κ2) is 8.53. The smallest absolute Gasteiger partial charge is 0.121 e. The Hall–Kier alpha value is -2.05. The van der Waals surface area contributed by atoms with Gasteiger partial charge in [0.25, 0.3) is 0 Å². The lowest BCUT2D eigenvalue weighted by Gasteiger charge is -2.37. The minimum absolute atomic E-state index is 0.233. The monoisotopic (exact) mass is 396 g/mol. The standard InChI is InChI=1S/C22H28N4OS/c1-16(14-25-11-9-17(24-23)10-12-25)15-26-19-5-3-4-6-21(19)28-22-8-7-18(27-2)13-20(22)26/h3-8,13,16-17,23H,9-12,14-15H2,1-2H3. The lowest BCUT2D eigenvalue weighted by atomic mass is 10.0. The molecule has 6 heteroatoms. The molecule has 28 heavy (non-hydrogen) atoms.